The molecule has 0 bridgehead atoms. The minimum Gasteiger partial charge on any atom is -0.327 e. The number of hydrogen-bond acceptors (Lipinski definition) is 5. The van der Waals surface area contributed by atoms with Crippen LogP contribution in [0.3, 0.4) is 0 Å². The fourth-order valence-electron chi connectivity index (χ4n) is 0.769. The Balaban J connectivity index is 2.73. The Morgan fingerprint density at radius 2 is 1.80 bits per heavy atom. The van der Waals surface area contributed by atoms with Gasteiger partial charge in [0.15, 0.2) is 5.82 Å². The van der Waals surface area contributed by atoms with E-state index in [1.807, 2.05) is 0 Å². The minimum absolute atomic E-state index is 0.404. The fraction of sp³-hybridized carbons (Fsp3) is 0.200. The maximum absolute atomic E-state index is 5.38. The van der Waals surface area contributed by atoms with E-state index in [9.17, 15) is 0 Å². The summed E-state index contributed by atoms with van der Waals surface area (Å²) < 4.78 is 0. The van der Waals surface area contributed by atoms with Crippen molar-refractivity contribution in [1.82, 2.24) is 20.4 Å². The topological polar surface area (TPSA) is 77.6 Å². The Kier molecular flexibility index (Phi) is 3.82. The monoisotopic (exact) mass is 203 g/mol. The largest absolute Gasteiger partial charge is 0.327 e. The van der Waals surface area contributed by atoms with Gasteiger partial charge in [0.05, 0.1) is 0 Å². The molecule has 0 amide bonds. The van der Waals surface area contributed by atoms with E-state index in [2.05, 4.69) is 33.6 Å². The molecule has 0 atom stereocenters. The number of nitrogens with two attached hydrogens (primary N) is 1. The summed E-state index contributed by atoms with van der Waals surface area (Å²) in [6.45, 7) is 9.65. The van der Waals surface area contributed by atoms with Crippen LogP contribution in [0.5, 0.6) is 0 Å². The molecule has 78 valence electrons. The van der Waals surface area contributed by atoms with Crippen LogP contribution >= 0.6 is 0 Å². The average molecular weight is 203 g/mol. The Labute approximate surface area is 88.4 Å². The highest BCUT2D eigenvalue weighted by molar-refractivity contribution is 5.67. The molecule has 0 aromatic carbocycles. The smallest absolute Gasteiger partial charge is 0.203 e. The quantitative estimate of drug-likeness (QED) is 0.727. The van der Waals surface area contributed by atoms with E-state index < -0.39 is 0 Å². The lowest BCUT2D eigenvalue weighted by Gasteiger charge is -1.97. The van der Waals surface area contributed by atoms with Crippen molar-refractivity contribution in [2.45, 2.75) is 6.92 Å². The third-order valence-corrected chi connectivity index (χ3v) is 1.65. The number of nitrogens with zero attached hydrogens (tertiary/aromatic N) is 4. The molecule has 0 saturated heterocycles. The molecule has 0 spiro atoms. The molecule has 15 heavy (non-hydrogen) atoms. The highest BCUT2D eigenvalue weighted by atomic mass is 15.3. The SMILES string of the molecule is C=C(/C=C\C(=C)c1nnc(C)nn1)CN. The molecule has 0 radical (unpaired) electrons. The third kappa shape index (κ3) is 3.40. The van der Waals surface area contributed by atoms with Gasteiger partial charge < -0.3 is 5.73 Å². The summed E-state index contributed by atoms with van der Waals surface area (Å²) in [5, 5.41) is 15.3. The predicted octanol–water partition coefficient (Wildman–Crippen LogP) is 0.659. The molecule has 2 N–H and O–H groups in total. The molecule has 5 nitrogen and oxygen atoms in total. The highest BCUT2D eigenvalue weighted by Gasteiger charge is 2.00. The molecule has 0 unspecified atom stereocenters. The van der Waals surface area contributed by atoms with E-state index in [1.165, 1.54) is 0 Å². The maximum atomic E-state index is 5.38. The van der Waals surface area contributed by atoms with Crippen LogP contribution in [-0.4, -0.2) is 26.9 Å². The second-order valence-electron chi connectivity index (χ2n) is 2.99. The van der Waals surface area contributed by atoms with Crippen LogP contribution in [0.2, 0.25) is 0 Å². The van der Waals surface area contributed by atoms with Crippen LogP contribution in [0.15, 0.2) is 30.9 Å². The predicted molar refractivity (Wildman–Crippen MR) is 58.7 cm³/mol. The Morgan fingerprint density at radius 1 is 1.20 bits per heavy atom. The van der Waals surface area contributed by atoms with Crippen LogP contribution in [0, 0.1) is 6.92 Å². The van der Waals surface area contributed by atoms with Gasteiger partial charge in [-0.05, 0) is 12.5 Å². The Morgan fingerprint density at radius 3 is 2.33 bits per heavy atom. The zero-order chi connectivity index (χ0) is 11.3. The lowest BCUT2D eigenvalue weighted by Crippen LogP contribution is -2.01. The zero-order valence-corrected chi connectivity index (χ0v) is 8.64. The summed E-state index contributed by atoms with van der Waals surface area (Å²) in [5.41, 5.74) is 6.82. The summed E-state index contributed by atoms with van der Waals surface area (Å²) in [5.74, 6) is 0.934. The van der Waals surface area contributed by atoms with E-state index in [0.29, 0.717) is 23.8 Å². The summed E-state index contributed by atoms with van der Waals surface area (Å²) >= 11 is 0. The zero-order valence-electron chi connectivity index (χ0n) is 8.64. The van der Waals surface area contributed by atoms with Crippen molar-refractivity contribution in [3.8, 4) is 0 Å². The van der Waals surface area contributed by atoms with E-state index >= 15 is 0 Å². The van der Waals surface area contributed by atoms with Crippen LogP contribution in [0.25, 0.3) is 5.57 Å². The van der Waals surface area contributed by atoms with Gasteiger partial charge in [-0.15, -0.1) is 20.4 Å². The molecule has 0 aliphatic rings. The summed E-state index contributed by atoms with van der Waals surface area (Å²) in [7, 11) is 0. The van der Waals surface area contributed by atoms with Crippen molar-refractivity contribution in [1.29, 1.82) is 0 Å². The van der Waals surface area contributed by atoms with Gasteiger partial charge in [0, 0.05) is 12.1 Å². The van der Waals surface area contributed by atoms with E-state index in [1.54, 1.807) is 19.1 Å². The molecule has 1 aromatic rings. The van der Waals surface area contributed by atoms with E-state index in [0.717, 1.165) is 5.57 Å². The van der Waals surface area contributed by atoms with Crippen molar-refractivity contribution >= 4 is 5.57 Å². The molecule has 0 saturated carbocycles. The average Bonchev–Trinajstić information content (AvgIpc) is 2.26. The van der Waals surface area contributed by atoms with Gasteiger partial charge in [0.2, 0.25) is 5.82 Å². The van der Waals surface area contributed by atoms with Crippen molar-refractivity contribution in [3.63, 3.8) is 0 Å². The van der Waals surface area contributed by atoms with Crippen LogP contribution in [0.4, 0.5) is 0 Å². The van der Waals surface area contributed by atoms with Gasteiger partial charge in [-0.25, -0.2) is 0 Å². The maximum Gasteiger partial charge on any atom is 0.203 e. The molecular weight excluding hydrogens is 190 g/mol. The normalized spacial score (nSPS) is 10.5. The van der Waals surface area contributed by atoms with Gasteiger partial charge in [-0.1, -0.05) is 25.3 Å². The van der Waals surface area contributed by atoms with Gasteiger partial charge in [0.25, 0.3) is 0 Å². The first-order valence-corrected chi connectivity index (χ1v) is 4.42. The molecule has 1 aromatic heterocycles. The first-order chi connectivity index (χ1) is 7.13. The standard InChI is InChI=1S/C10H13N5/c1-7(6-11)4-5-8(2)10-14-12-9(3)13-15-10/h4-5H,1-2,6,11H2,3H3/b5-4-. The van der Waals surface area contributed by atoms with Crippen molar-refractivity contribution in [3.05, 3.63) is 42.5 Å². The van der Waals surface area contributed by atoms with Crippen LogP contribution < -0.4 is 5.73 Å². The molecular formula is C10H13N5. The number of aromatic nitrogens is 4. The summed E-state index contributed by atoms with van der Waals surface area (Å²) in [6.07, 6.45) is 3.51. The van der Waals surface area contributed by atoms with Gasteiger partial charge in [0.1, 0.15) is 0 Å². The second kappa shape index (κ2) is 5.11. The molecule has 1 heterocycles. The minimum atomic E-state index is 0.404. The van der Waals surface area contributed by atoms with E-state index in [4.69, 9.17) is 5.73 Å². The van der Waals surface area contributed by atoms with Crippen molar-refractivity contribution in [2.75, 3.05) is 6.54 Å². The molecule has 1 rings (SSSR count). The first-order valence-electron chi connectivity index (χ1n) is 4.42. The number of allylic oxidation sites excluding steroid dienone is 2. The van der Waals surface area contributed by atoms with Crippen molar-refractivity contribution in [2.24, 2.45) is 5.73 Å². The molecule has 0 fully saturated rings. The van der Waals surface area contributed by atoms with Crippen LogP contribution in [0.1, 0.15) is 11.6 Å². The van der Waals surface area contributed by atoms with Gasteiger partial charge in [-0.2, -0.15) is 0 Å². The van der Waals surface area contributed by atoms with Gasteiger partial charge >= 0.3 is 0 Å². The van der Waals surface area contributed by atoms with Crippen LogP contribution in [-0.2, 0) is 0 Å². The lowest BCUT2D eigenvalue weighted by molar-refractivity contribution is 0.791. The fourth-order valence-corrected chi connectivity index (χ4v) is 0.769. The number of hydrogen-bond donors (Lipinski definition) is 1. The Bertz CT molecular complexity index is 391. The highest BCUT2D eigenvalue weighted by Crippen LogP contribution is 2.06. The number of aryl methyl sites for hydroxylation is 1. The first kappa shape index (κ1) is 11.2. The van der Waals surface area contributed by atoms with E-state index in [-0.39, 0.29) is 0 Å². The summed E-state index contributed by atoms with van der Waals surface area (Å²) in [6, 6.07) is 0. The van der Waals surface area contributed by atoms with Crippen molar-refractivity contribution < 1.29 is 0 Å². The molecule has 5 heteroatoms. The third-order valence-electron chi connectivity index (χ3n) is 1.65. The number of rotatable bonds is 4. The second-order valence-corrected chi connectivity index (χ2v) is 2.99. The lowest BCUT2D eigenvalue weighted by atomic mass is 10.2. The van der Waals surface area contributed by atoms with Gasteiger partial charge in [-0.3, -0.25) is 0 Å². The molecule has 0 aliphatic carbocycles. The summed E-state index contributed by atoms with van der Waals surface area (Å²) in [4.78, 5) is 0. The molecule has 0 aliphatic heterocycles. The Hall–Kier alpha value is -1.88.